The van der Waals surface area contributed by atoms with Crippen LogP contribution in [-0.4, -0.2) is 30.3 Å². The average molecular weight is 266 g/mol. The molecule has 2 amide bonds. The third kappa shape index (κ3) is 3.72. The lowest BCUT2D eigenvalue weighted by atomic mass is 9.66. The number of nitrogens with one attached hydrogen (secondary N) is 2. The topological polar surface area (TPSA) is 61.4 Å². The molecule has 0 aromatic carbocycles. The second-order valence-corrected chi connectivity index (χ2v) is 6.10. The monoisotopic (exact) mass is 266 g/mol. The molecule has 4 nitrogen and oxygen atoms in total. The van der Waals surface area contributed by atoms with Crippen LogP contribution in [0.4, 0.5) is 4.79 Å². The zero-order valence-corrected chi connectivity index (χ0v) is 11.8. The quantitative estimate of drug-likeness (QED) is 0.645. The molecule has 108 valence electrons. The van der Waals surface area contributed by atoms with Crippen LogP contribution in [0, 0.1) is 11.3 Å². The molecule has 2 atom stereocenters. The highest BCUT2D eigenvalue weighted by Crippen LogP contribution is 2.44. The number of aliphatic hydroxyl groups is 1. The van der Waals surface area contributed by atoms with Gasteiger partial charge in [-0.3, -0.25) is 0 Å². The van der Waals surface area contributed by atoms with Gasteiger partial charge in [0.2, 0.25) is 0 Å². The van der Waals surface area contributed by atoms with Crippen molar-refractivity contribution < 1.29 is 9.90 Å². The van der Waals surface area contributed by atoms with Crippen LogP contribution in [0.5, 0.6) is 0 Å². The Labute approximate surface area is 115 Å². The maximum absolute atomic E-state index is 11.9. The fraction of sp³-hybridized carbons (Fsp3) is 0.800. The number of carbonyl (C=O) groups is 1. The van der Waals surface area contributed by atoms with Crippen LogP contribution in [0.1, 0.15) is 45.4 Å². The van der Waals surface area contributed by atoms with Crippen molar-refractivity contribution in [2.24, 2.45) is 11.3 Å². The molecule has 0 bridgehead atoms. The maximum Gasteiger partial charge on any atom is 0.315 e. The third-order valence-electron chi connectivity index (χ3n) is 4.54. The second kappa shape index (κ2) is 6.42. The van der Waals surface area contributed by atoms with E-state index >= 15 is 0 Å². The minimum atomic E-state index is -0.0735. The first-order chi connectivity index (χ1) is 9.17. The van der Waals surface area contributed by atoms with Crippen molar-refractivity contribution in [3.05, 3.63) is 12.2 Å². The standard InChI is InChI=1S/C15H26N2O2/c1-2-6-15(7-3-8-15)11-16-14(19)17-13-5-4-12(9-13)10-18/h4-5,12-13,18H,2-3,6-11H2,1H3,(H2,16,17,19)/t12-,13+/m0/s1. The van der Waals surface area contributed by atoms with Crippen molar-refractivity contribution in [2.75, 3.05) is 13.2 Å². The summed E-state index contributed by atoms with van der Waals surface area (Å²) in [6.07, 6.45) is 11.0. The highest BCUT2D eigenvalue weighted by Gasteiger charge is 2.36. The number of urea groups is 1. The molecule has 2 aliphatic rings. The molecule has 19 heavy (non-hydrogen) atoms. The largest absolute Gasteiger partial charge is 0.396 e. The van der Waals surface area contributed by atoms with Crippen molar-refractivity contribution in [1.29, 1.82) is 0 Å². The van der Waals surface area contributed by atoms with Gasteiger partial charge in [-0.05, 0) is 31.1 Å². The number of rotatable bonds is 6. The van der Waals surface area contributed by atoms with Gasteiger partial charge in [0.15, 0.2) is 0 Å². The van der Waals surface area contributed by atoms with Crippen LogP contribution in [0.15, 0.2) is 12.2 Å². The molecule has 1 fully saturated rings. The normalized spacial score (nSPS) is 27.9. The zero-order valence-electron chi connectivity index (χ0n) is 11.8. The average Bonchev–Trinajstić information content (AvgIpc) is 2.80. The van der Waals surface area contributed by atoms with Crippen LogP contribution in [0.3, 0.4) is 0 Å². The van der Waals surface area contributed by atoms with E-state index < -0.39 is 0 Å². The summed E-state index contributed by atoms with van der Waals surface area (Å²) in [5.41, 5.74) is 0.366. The van der Waals surface area contributed by atoms with Crippen LogP contribution in [0.25, 0.3) is 0 Å². The SMILES string of the molecule is CCCC1(CNC(=O)N[C@@H]2C=C[C@H](CO)C2)CCC1. The minimum Gasteiger partial charge on any atom is -0.396 e. The van der Waals surface area contributed by atoms with E-state index in [2.05, 4.69) is 17.6 Å². The first-order valence-corrected chi connectivity index (χ1v) is 7.51. The van der Waals surface area contributed by atoms with Crippen molar-refractivity contribution in [3.63, 3.8) is 0 Å². The fourth-order valence-electron chi connectivity index (χ4n) is 3.23. The molecule has 4 heteroatoms. The molecule has 2 rings (SSSR count). The van der Waals surface area contributed by atoms with Gasteiger partial charge in [-0.1, -0.05) is 31.9 Å². The van der Waals surface area contributed by atoms with Gasteiger partial charge in [0, 0.05) is 25.1 Å². The summed E-state index contributed by atoms with van der Waals surface area (Å²) in [5, 5.41) is 15.0. The Morgan fingerprint density at radius 3 is 2.74 bits per heavy atom. The highest BCUT2D eigenvalue weighted by atomic mass is 16.3. The molecule has 0 heterocycles. The summed E-state index contributed by atoms with van der Waals surface area (Å²) in [6, 6.07) is -0.00344. The summed E-state index contributed by atoms with van der Waals surface area (Å²) in [4.78, 5) is 11.9. The molecule has 0 aliphatic heterocycles. The predicted molar refractivity (Wildman–Crippen MR) is 75.8 cm³/mol. The van der Waals surface area contributed by atoms with Crippen molar-refractivity contribution >= 4 is 6.03 Å². The molecule has 1 saturated carbocycles. The summed E-state index contributed by atoms with van der Waals surface area (Å²) in [7, 11) is 0. The van der Waals surface area contributed by atoms with Crippen LogP contribution < -0.4 is 10.6 Å². The van der Waals surface area contributed by atoms with Gasteiger partial charge in [-0.2, -0.15) is 0 Å². The van der Waals surface area contributed by atoms with Crippen LogP contribution >= 0.6 is 0 Å². The fourth-order valence-corrected chi connectivity index (χ4v) is 3.23. The summed E-state index contributed by atoms with van der Waals surface area (Å²) < 4.78 is 0. The number of aliphatic hydroxyl groups excluding tert-OH is 1. The van der Waals surface area contributed by atoms with E-state index in [4.69, 9.17) is 5.11 Å². The number of hydrogen-bond acceptors (Lipinski definition) is 2. The van der Waals surface area contributed by atoms with Crippen molar-refractivity contribution in [2.45, 2.75) is 51.5 Å². The van der Waals surface area contributed by atoms with E-state index in [0.717, 1.165) is 13.0 Å². The van der Waals surface area contributed by atoms with E-state index in [1.54, 1.807) is 0 Å². The Hall–Kier alpha value is -1.03. The summed E-state index contributed by atoms with van der Waals surface area (Å²) in [6.45, 7) is 3.17. The number of amides is 2. The lowest BCUT2D eigenvalue weighted by Crippen LogP contribution is -2.47. The van der Waals surface area contributed by atoms with Crippen LogP contribution in [0.2, 0.25) is 0 Å². The second-order valence-electron chi connectivity index (χ2n) is 6.10. The molecule has 0 aromatic rings. The Bertz CT molecular complexity index is 337. The number of carbonyl (C=O) groups excluding carboxylic acids is 1. The number of hydrogen-bond donors (Lipinski definition) is 3. The Balaban J connectivity index is 1.69. The molecule has 0 saturated heterocycles. The predicted octanol–water partition coefficient (Wildman–Crippen LogP) is 2.19. The van der Waals surface area contributed by atoms with Gasteiger partial charge in [0.1, 0.15) is 0 Å². The van der Waals surface area contributed by atoms with E-state index in [9.17, 15) is 4.79 Å². The molecule has 0 spiro atoms. The summed E-state index contributed by atoms with van der Waals surface area (Å²) >= 11 is 0. The first-order valence-electron chi connectivity index (χ1n) is 7.51. The minimum absolute atomic E-state index is 0.0701. The van der Waals surface area contributed by atoms with Crippen molar-refractivity contribution in [1.82, 2.24) is 10.6 Å². The smallest absolute Gasteiger partial charge is 0.315 e. The lowest BCUT2D eigenvalue weighted by Gasteiger charge is -2.42. The summed E-state index contributed by atoms with van der Waals surface area (Å²) in [5.74, 6) is 0.198. The van der Waals surface area contributed by atoms with Gasteiger partial charge >= 0.3 is 6.03 Å². The van der Waals surface area contributed by atoms with E-state index in [1.165, 1.54) is 32.1 Å². The zero-order chi connectivity index (χ0) is 13.7. The maximum atomic E-state index is 11.9. The third-order valence-corrected chi connectivity index (χ3v) is 4.54. The van der Waals surface area contributed by atoms with E-state index in [-0.39, 0.29) is 24.6 Å². The molecule has 2 aliphatic carbocycles. The van der Waals surface area contributed by atoms with Gasteiger partial charge in [0.05, 0.1) is 0 Å². The Morgan fingerprint density at radius 2 is 2.21 bits per heavy atom. The molecule has 3 N–H and O–H groups in total. The highest BCUT2D eigenvalue weighted by molar-refractivity contribution is 5.74. The van der Waals surface area contributed by atoms with E-state index in [0.29, 0.717) is 5.41 Å². The van der Waals surface area contributed by atoms with Crippen molar-refractivity contribution in [3.8, 4) is 0 Å². The Kier molecular flexibility index (Phi) is 4.86. The molecule has 0 aromatic heterocycles. The van der Waals surface area contributed by atoms with Gasteiger partial charge < -0.3 is 15.7 Å². The lowest BCUT2D eigenvalue weighted by molar-refractivity contribution is 0.117. The molecular formula is C15H26N2O2. The van der Waals surface area contributed by atoms with E-state index in [1.807, 2.05) is 12.2 Å². The van der Waals surface area contributed by atoms with Crippen LogP contribution in [-0.2, 0) is 0 Å². The van der Waals surface area contributed by atoms with Gasteiger partial charge in [-0.15, -0.1) is 0 Å². The van der Waals surface area contributed by atoms with Gasteiger partial charge in [0.25, 0.3) is 0 Å². The molecule has 0 unspecified atom stereocenters. The molecule has 0 radical (unpaired) electrons. The first kappa shape index (κ1) is 14.4. The Morgan fingerprint density at radius 1 is 1.42 bits per heavy atom. The van der Waals surface area contributed by atoms with Gasteiger partial charge in [-0.25, -0.2) is 4.79 Å². The molecular weight excluding hydrogens is 240 g/mol.